The molecule has 0 saturated heterocycles. The van der Waals surface area contributed by atoms with Crippen molar-refractivity contribution < 1.29 is 4.79 Å². The van der Waals surface area contributed by atoms with Crippen LogP contribution in [0.4, 0.5) is 5.69 Å². The fourth-order valence-corrected chi connectivity index (χ4v) is 3.10. The molecule has 1 aliphatic carbocycles. The average molecular weight is 376 g/mol. The fourth-order valence-electron chi connectivity index (χ4n) is 2.32. The summed E-state index contributed by atoms with van der Waals surface area (Å²) >= 11 is 7.34. The minimum atomic E-state index is -0.175. The number of hydrogen-bond donors (Lipinski definition) is 2. The Morgan fingerprint density at radius 3 is 3.08 bits per heavy atom. The summed E-state index contributed by atoms with van der Waals surface area (Å²) in [6.07, 6.45) is 5.29. The number of aromatic nitrogens is 6. The molecule has 4 rings (SSSR count). The van der Waals surface area contributed by atoms with Crippen LogP contribution in [0.2, 0.25) is 5.02 Å². The van der Waals surface area contributed by atoms with Gasteiger partial charge in [0.15, 0.2) is 0 Å². The minimum absolute atomic E-state index is 0.175. The Morgan fingerprint density at radius 1 is 1.44 bits per heavy atom. The summed E-state index contributed by atoms with van der Waals surface area (Å²) in [5.74, 6) is 1.44. The first kappa shape index (κ1) is 16.1. The van der Waals surface area contributed by atoms with Gasteiger partial charge in [0, 0.05) is 10.9 Å². The lowest BCUT2D eigenvalue weighted by molar-refractivity contribution is -0.113. The van der Waals surface area contributed by atoms with Gasteiger partial charge in [0.05, 0.1) is 17.1 Å². The highest BCUT2D eigenvalue weighted by molar-refractivity contribution is 7.99. The SMILES string of the molecule is O=C(CSc1n[nH]c(C2CC2)n1)Nc1cc(Cl)ccc1-n1cncn1. The molecule has 1 saturated carbocycles. The summed E-state index contributed by atoms with van der Waals surface area (Å²) < 4.78 is 1.57. The Hall–Kier alpha value is -2.39. The molecule has 1 amide bonds. The van der Waals surface area contributed by atoms with E-state index in [2.05, 4.69) is 30.6 Å². The number of amides is 1. The molecule has 1 fully saturated rings. The third-order valence-corrected chi connectivity index (χ3v) is 4.76. The summed E-state index contributed by atoms with van der Waals surface area (Å²) in [5.41, 5.74) is 1.26. The molecule has 0 atom stereocenters. The van der Waals surface area contributed by atoms with Gasteiger partial charge in [-0.25, -0.2) is 14.6 Å². The number of halogens is 1. The number of rotatable bonds is 6. The van der Waals surface area contributed by atoms with E-state index >= 15 is 0 Å². The highest BCUT2D eigenvalue weighted by Gasteiger charge is 2.27. The van der Waals surface area contributed by atoms with Crippen molar-refractivity contribution >= 4 is 35.0 Å². The molecule has 0 unspecified atom stereocenters. The van der Waals surface area contributed by atoms with Gasteiger partial charge in [0.2, 0.25) is 11.1 Å². The van der Waals surface area contributed by atoms with Crippen LogP contribution in [-0.4, -0.2) is 41.6 Å². The van der Waals surface area contributed by atoms with E-state index in [1.165, 1.54) is 18.1 Å². The van der Waals surface area contributed by atoms with E-state index in [1.807, 2.05) is 0 Å². The molecule has 25 heavy (non-hydrogen) atoms. The number of benzene rings is 1. The summed E-state index contributed by atoms with van der Waals surface area (Å²) in [4.78, 5) is 20.6. The molecular formula is C15H14ClN7OS. The van der Waals surface area contributed by atoms with Crippen molar-refractivity contribution in [1.29, 1.82) is 0 Å². The van der Waals surface area contributed by atoms with E-state index < -0.39 is 0 Å². The van der Waals surface area contributed by atoms with Gasteiger partial charge in [0.25, 0.3) is 0 Å². The second-order valence-electron chi connectivity index (χ2n) is 5.62. The van der Waals surface area contributed by atoms with Crippen LogP contribution in [0.3, 0.4) is 0 Å². The van der Waals surface area contributed by atoms with Gasteiger partial charge >= 0.3 is 0 Å². The molecule has 2 N–H and O–H groups in total. The third-order valence-electron chi connectivity index (χ3n) is 3.68. The Balaban J connectivity index is 1.42. The van der Waals surface area contributed by atoms with E-state index in [0.717, 1.165) is 18.7 Å². The maximum atomic E-state index is 12.3. The van der Waals surface area contributed by atoms with Crippen LogP contribution in [0.1, 0.15) is 24.6 Å². The summed E-state index contributed by atoms with van der Waals surface area (Å²) in [7, 11) is 0. The number of aromatic amines is 1. The van der Waals surface area contributed by atoms with Gasteiger partial charge in [-0.3, -0.25) is 9.89 Å². The van der Waals surface area contributed by atoms with Gasteiger partial charge in [-0.1, -0.05) is 23.4 Å². The lowest BCUT2D eigenvalue weighted by Crippen LogP contribution is -2.16. The maximum Gasteiger partial charge on any atom is 0.234 e. The van der Waals surface area contributed by atoms with Crippen molar-refractivity contribution in [2.24, 2.45) is 0 Å². The van der Waals surface area contributed by atoms with Crippen LogP contribution in [-0.2, 0) is 4.79 Å². The topological polar surface area (TPSA) is 101 Å². The van der Waals surface area contributed by atoms with Crippen LogP contribution in [0.15, 0.2) is 36.0 Å². The van der Waals surface area contributed by atoms with E-state index in [1.54, 1.807) is 29.2 Å². The van der Waals surface area contributed by atoms with Crippen molar-refractivity contribution in [2.75, 3.05) is 11.1 Å². The minimum Gasteiger partial charge on any atom is -0.323 e. The number of H-pyrrole nitrogens is 1. The molecule has 10 heteroatoms. The van der Waals surface area contributed by atoms with E-state index in [0.29, 0.717) is 27.5 Å². The van der Waals surface area contributed by atoms with Crippen molar-refractivity contribution in [3.05, 3.63) is 41.7 Å². The van der Waals surface area contributed by atoms with Gasteiger partial charge < -0.3 is 5.32 Å². The van der Waals surface area contributed by atoms with E-state index in [9.17, 15) is 4.79 Å². The molecule has 8 nitrogen and oxygen atoms in total. The third kappa shape index (κ3) is 3.83. The number of nitrogens with one attached hydrogen (secondary N) is 2. The predicted molar refractivity (Wildman–Crippen MR) is 94.1 cm³/mol. The average Bonchev–Trinajstić information content (AvgIpc) is 3.10. The molecule has 0 radical (unpaired) electrons. The number of nitrogens with zero attached hydrogens (tertiary/aromatic N) is 5. The summed E-state index contributed by atoms with van der Waals surface area (Å²) in [6.45, 7) is 0. The second kappa shape index (κ2) is 6.85. The normalized spacial score (nSPS) is 13.8. The second-order valence-corrected chi connectivity index (χ2v) is 6.99. The zero-order chi connectivity index (χ0) is 17.2. The van der Waals surface area contributed by atoms with Gasteiger partial charge in [-0.2, -0.15) is 5.10 Å². The lowest BCUT2D eigenvalue weighted by atomic mass is 10.2. The van der Waals surface area contributed by atoms with Crippen LogP contribution in [0, 0.1) is 0 Å². The molecule has 0 spiro atoms. The highest BCUT2D eigenvalue weighted by Crippen LogP contribution is 2.38. The van der Waals surface area contributed by atoms with Crippen LogP contribution in [0.25, 0.3) is 5.69 Å². The molecular weight excluding hydrogens is 362 g/mol. The monoisotopic (exact) mass is 375 g/mol. The van der Waals surface area contributed by atoms with Crippen molar-refractivity contribution in [2.45, 2.75) is 23.9 Å². The van der Waals surface area contributed by atoms with Crippen molar-refractivity contribution in [3.8, 4) is 5.69 Å². The zero-order valence-corrected chi connectivity index (χ0v) is 14.6. The number of thioether (sulfide) groups is 1. The highest BCUT2D eigenvalue weighted by atomic mass is 35.5. The molecule has 2 heterocycles. The summed E-state index contributed by atoms with van der Waals surface area (Å²) in [6, 6.07) is 5.19. The Morgan fingerprint density at radius 2 is 2.32 bits per heavy atom. The van der Waals surface area contributed by atoms with Crippen molar-refractivity contribution in [1.82, 2.24) is 29.9 Å². The smallest absolute Gasteiger partial charge is 0.234 e. The first-order valence-electron chi connectivity index (χ1n) is 7.68. The van der Waals surface area contributed by atoms with Crippen molar-refractivity contribution in [3.63, 3.8) is 0 Å². The molecule has 1 aliphatic rings. The maximum absolute atomic E-state index is 12.3. The van der Waals surface area contributed by atoms with Gasteiger partial charge in [0.1, 0.15) is 18.5 Å². The lowest BCUT2D eigenvalue weighted by Gasteiger charge is -2.11. The first-order valence-corrected chi connectivity index (χ1v) is 9.05. The number of carbonyl (C=O) groups excluding carboxylic acids is 1. The molecule has 2 aromatic heterocycles. The number of anilines is 1. The quantitative estimate of drug-likeness (QED) is 0.642. The molecule has 3 aromatic rings. The Labute approximate surface area is 152 Å². The van der Waals surface area contributed by atoms with E-state index in [4.69, 9.17) is 11.6 Å². The fraction of sp³-hybridized carbons (Fsp3) is 0.267. The molecule has 128 valence electrons. The van der Waals surface area contributed by atoms with Gasteiger partial charge in [-0.05, 0) is 31.0 Å². The number of carbonyl (C=O) groups is 1. The van der Waals surface area contributed by atoms with Crippen LogP contribution < -0.4 is 5.32 Å². The zero-order valence-electron chi connectivity index (χ0n) is 13.0. The first-order chi connectivity index (χ1) is 12.2. The summed E-state index contributed by atoms with van der Waals surface area (Å²) in [5, 5.41) is 15.1. The molecule has 0 bridgehead atoms. The predicted octanol–water partition coefficient (Wildman–Crippen LogP) is 2.65. The van der Waals surface area contributed by atoms with Crippen LogP contribution >= 0.6 is 23.4 Å². The molecule has 1 aromatic carbocycles. The Kier molecular flexibility index (Phi) is 4.41. The molecule has 0 aliphatic heterocycles. The van der Waals surface area contributed by atoms with Crippen LogP contribution in [0.5, 0.6) is 0 Å². The number of hydrogen-bond acceptors (Lipinski definition) is 6. The largest absolute Gasteiger partial charge is 0.323 e. The van der Waals surface area contributed by atoms with Gasteiger partial charge in [-0.15, -0.1) is 5.10 Å². The Bertz CT molecular complexity index is 891. The van der Waals surface area contributed by atoms with E-state index in [-0.39, 0.29) is 11.7 Å². The standard InChI is InChI=1S/C15H14ClN7OS/c16-10-3-4-12(23-8-17-7-18-23)11(5-10)19-13(24)6-25-15-20-14(21-22-15)9-1-2-9/h3-5,7-9H,1-2,6H2,(H,19,24)(H,20,21,22).